The minimum atomic E-state index is 0.261. The average Bonchev–Trinajstić information content (AvgIpc) is 2.91. The lowest BCUT2D eigenvalue weighted by Crippen LogP contribution is -2.64. The van der Waals surface area contributed by atoms with Gasteiger partial charge in [-0.25, -0.2) is 0 Å². The molecule has 3 heteroatoms. The van der Waals surface area contributed by atoms with Gasteiger partial charge in [-0.1, -0.05) is 26.8 Å². The molecule has 0 amide bonds. The van der Waals surface area contributed by atoms with Crippen LogP contribution in [0.1, 0.15) is 52.0 Å². The number of hydrogen-bond acceptors (Lipinski definition) is 3. The van der Waals surface area contributed by atoms with E-state index in [9.17, 15) is 0 Å². The molecule has 1 aromatic rings. The van der Waals surface area contributed by atoms with Gasteiger partial charge >= 0.3 is 0 Å². The molecule has 3 atom stereocenters. The predicted molar refractivity (Wildman–Crippen MR) is 84.8 cm³/mol. The SMILES string of the molecule is CCC1(C)CN(C(C)c2cccs2)C(C(C)C)CN1. The minimum absolute atomic E-state index is 0.261. The quantitative estimate of drug-likeness (QED) is 0.899. The minimum Gasteiger partial charge on any atom is -0.309 e. The van der Waals surface area contributed by atoms with Gasteiger partial charge in [0.15, 0.2) is 0 Å². The molecule has 0 aliphatic carbocycles. The van der Waals surface area contributed by atoms with E-state index in [0.717, 1.165) is 13.1 Å². The van der Waals surface area contributed by atoms with Crippen LogP contribution in [0.5, 0.6) is 0 Å². The monoisotopic (exact) mass is 280 g/mol. The zero-order chi connectivity index (χ0) is 14.0. The smallest absolute Gasteiger partial charge is 0.0417 e. The summed E-state index contributed by atoms with van der Waals surface area (Å²) in [6, 6.07) is 5.61. The molecule has 1 fully saturated rings. The van der Waals surface area contributed by atoms with Gasteiger partial charge in [0.2, 0.25) is 0 Å². The van der Waals surface area contributed by atoms with E-state index >= 15 is 0 Å². The maximum atomic E-state index is 3.77. The molecule has 2 heterocycles. The molecule has 0 aromatic carbocycles. The second-order valence-electron chi connectivity index (χ2n) is 6.47. The maximum Gasteiger partial charge on any atom is 0.0417 e. The Kier molecular flexibility index (Phi) is 4.70. The predicted octanol–water partition coefficient (Wildman–Crippen LogP) is 3.91. The van der Waals surface area contributed by atoms with Crippen molar-refractivity contribution in [2.45, 2.75) is 58.7 Å². The summed E-state index contributed by atoms with van der Waals surface area (Å²) in [7, 11) is 0. The van der Waals surface area contributed by atoms with Crippen LogP contribution in [0.2, 0.25) is 0 Å². The highest BCUT2D eigenvalue weighted by Crippen LogP contribution is 2.32. The highest BCUT2D eigenvalue weighted by atomic mass is 32.1. The summed E-state index contributed by atoms with van der Waals surface area (Å²) >= 11 is 1.88. The van der Waals surface area contributed by atoms with Crippen LogP contribution in [0.15, 0.2) is 17.5 Å². The molecule has 3 unspecified atom stereocenters. The second-order valence-corrected chi connectivity index (χ2v) is 7.45. The standard InChI is InChI=1S/C16H28N2S/c1-6-16(5)11-18(14(10-17-16)12(2)3)13(4)15-8-7-9-19-15/h7-9,12-14,17H,6,10-11H2,1-5H3. The van der Waals surface area contributed by atoms with Gasteiger partial charge in [-0.15, -0.1) is 11.3 Å². The molecule has 1 N–H and O–H groups in total. The third-order valence-electron chi connectivity index (χ3n) is 4.70. The molecule has 1 aliphatic rings. The fourth-order valence-electron chi connectivity index (χ4n) is 3.02. The summed E-state index contributed by atoms with van der Waals surface area (Å²) in [5.74, 6) is 0.691. The van der Waals surface area contributed by atoms with Crippen LogP contribution in [0, 0.1) is 5.92 Å². The largest absolute Gasteiger partial charge is 0.309 e. The van der Waals surface area contributed by atoms with E-state index in [1.807, 2.05) is 11.3 Å². The van der Waals surface area contributed by atoms with Crippen molar-refractivity contribution < 1.29 is 0 Å². The number of rotatable bonds is 4. The van der Waals surface area contributed by atoms with Gasteiger partial charge in [0.25, 0.3) is 0 Å². The second kappa shape index (κ2) is 5.94. The van der Waals surface area contributed by atoms with Crippen molar-refractivity contribution in [2.24, 2.45) is 5.92 Å². The third-order valence-corrected chi connectivity index (χ3v) is 5.74. The summed E-state index contributed by atoms with van der Waals surface area (Å²) in [5, 5.41) is 5.96. The molecule has 2 rings (SSSR count). The van der Waals surface area contributed by atoms with Crippen molar-refractivity contribution in [3.05, 3.63) is 22.4 Å². The number of nitrogens with one attached hydrogen (secondary N) is 1. The Morgan fingerprint density at radius 3 is 2.74 bits per heavy atom. The van der Waals surface area contributed by atoms with Crippen LogP contribution in [-0.2, 0) is 0 Å². The summed E-state index contributed by atoms with van der Waals surface area (Å²) in [6.07, 6.45) is 1.19. The zero-order valence-electron chi connectivity index (χ0n) is 12.9. The van der Waals surface area contributed by atoms with Crippen LogP contribution in [0.3, 0.4) is 0 Å². The fraction of sp³-hybridized carbons (Fsp3) is 0.750. The molecule has 0 spiro atoms. The van der Waals surface area contributed by atoms with Crippen molar-refractivity contribution in [3.63, 3.8) is 0 Å². The molecule has 0 bridgehead atoms. The summed E-state index contributed by atoms with van der Waals surface area (Å²) in [4.78, 5) is 4.21. The first-order valence-electron chi connectivity index (χ1n) is 7.51. The molecule has 1 saturated heterocycles. The van der Waals surface area contributed by atoms with Gasteiger partial charge in [0.1, 0.15) is 0 Å². The van der Waals surface area contributed by atoms with Crippen LogP contribution < -0.4 is 5.32 Å². The molecule has 108 valence electrons. The maximum absolute atomic E-state index is 3.77. The van der Waals surface area contributed by atoms with Gasteiger partial charge < -0.3 is 5.32 Å². The summed E-state index contributed by atoms with van der Waals surface area (Å²) in [5.41, 5.74) is 0.261. The lowest BCUT2D eigenvalue weighted by atomic mass is 9.88. The summed E-state index contributed by atoms with van der Waals surface area (Å²) in [6.45, 7) is 13.9. The van der Waals surface area contributed by atoms with Gasteiger partial charge in [0, 0.05) is 35.6 Å². The molecular weight excluding hydrogens is 252 g/mol. The molecule has 1 aliphatic heterocycles. The Morgan fingerprint density at radius 2 is 2.21 bits per heavy atom. The normalized spacial score (nSPS) is 30.7. The first-order chi connectivity index (χ1) is 8.97. The lowest BCUT2D eigenvalue weighted by Gasteiger charge is -2.49. The molecule has 2 nitrogen and oxygen atoms in total. The highest BCUT2D eigenvalue weighted by Gasteiger charge is 2.38. The fourth-order valence-corrected chi connectivity index (χ4v) is 3.82. The Bertz CT molecular complexity index is 387. The van der Waals surface area contributed by atoms with Crippen LogP contribution in [0.25, 0.3) is 0 Å². The van der Waals surface area contributed by atoms with E-state index in [2.05, 4.69) is 62.3 Å². The lowest BCUT2D eigenvalue weighted by molar-refractivity contribution is 0.0306. The van der Waals surface area contributed by atoms with E-state index in [0.29, 0.717) is 18.0 Å². The Morgan fingerprint density at radius 1 is 1.47 bits per heavy atom. The Hall–Kier alpha value is -0.380. The van der Waals surface area contributed by atoms with E-state index in [1.165, 1.54) is 11.3 Å². The van der Waals surface area contributed by atoms with E-state index < -0.39 is 0 Å². The van der Waals surface area contributed by atoms with Crippen LogP contribution in [-0.4, -0.2) is 29.6 Å². The molecule has 19 heavy (non-hydrogen) atoms. The van der Waals surface area contributed by atoms with Gasteiger partial charge in [-0.05, 0) is 37.6 Å². The number of nitrogens with zero attached hydrogens (tertiary/aromatic N) is 1. The zero-order valence-corrected chi connectivity index (χ0v) is 13.8. The molecule has 0 radical (unpaired) electrons. The van der Waals surface area contributed by atoms with Crippen molar-refractivity contribution in [2.75, 3.05) is 13.1 Å². The highest BCUT2D eigenvalue weighted by molar-refractivity contribution is 7.10. The average molecular weight is 280 g/mol. The van der Waals surface area contributed by atoms with Gasteiger partial charge in [-0.2, -0.15) is 0 Å². The van der Waals surface area contributed by atoms with Crippen molar-refractivity contribution in [1.29, 1.82) is 0 Å². The Labute approximate surface area is 122 Å². The van der Waals surface area contributed by atoms with Gasteiger partial charge in [-0.3, -0.25) is 4.90 Å². The topological polar surface area (TPSA) is 15.3 Å². The van der Waals surface area contributed by atoms with Gasteiger partial charge in [0.05, 0.1) is 0 Å². The van der Waals surface area contributed by atoms with Crippen molar-refractivity contribution >= 4 is 11.3 Å². The number of thiophene rings is 1. The first-order valence-corrected chi connectivity index (χ1v) is 8.39. The molecule has 1 aromatic heterocycles. The first kappa shape index (κ1) is 15.0. The Balaban J connectivity index is 2.20. The van der Waals surface area contributed by atoms with Crippen LogP contribution >= 0.6 is 11.3 Å². The van der Waals surface area contributed by atoms with Crippen molar-refractivity contribution in [3.8, 4) is 0 Å². The van der Waals surface area contributed by atoms with Crippen LogP contribution in [0.4, 0.5) is 0 Å². The summed E-state index contributed by atoms with van der Waals surface area (Å²) < 4.78 is 0. The van der Waals surface area contributed by atoms with E-state index in [-0.39, 0.29) is 5.54 Å². The third kappa shape index (κ3) is 3.21. The number of piperazine rings is 1. The van der Waals surface area contributed by atoms with Crippen molar-refractivity contribution in [1.82, 2.24) is 10.2 Å². The number of hydrogen-bond donors (Lipinski definition) is 1. The van der Waals surface area contributed by atoms with E-state index in [1.54, 1.807) is 0 Å². The van der Waals surface area contributed by atoms with E-state index in [4.69, 9.17) is 0 Å². The molecule has 0 saturated carbocycles. The molecular formula is C16H28N2S.